The Hall–Kier alpha value is -0.933. The first-order valence-electron chi connectivity index (χ1n) is 6.96. The molecule has 0 radical (unpaired) electrons. The minimum atomic E-state index is -2.11. The van der Waals surface area contributed by atoms with E-state index in [4.69, 9.17) is 0 Å². The lowest BCUT2D eigenvalue weighted by Gasteiger charge is -2.35. The predicted molar refractivity (Wildman–Crippen MR) is 83.1 cm³/mol. The smallest absolute Gasteiger partial charge is 0.188 e. The van der Waals surface area contributed by atoms with E-state index in [0.717, 1.165) is 24.8 Å². The molecule has 1 N–H and O–H groups in total. The van der Waals surface area contributed by atoms with Gasteiger partial charge in [-0.2, -0.15) is 0 Å². The molecule has 1 aromatic rings. The molecule has 0 amide bonds. The second kappa shape index (κ2) is 6.01. The van der Waals surface area contributed by atoms with Crippen LogP contribution < -0.4 is 0 Å². The van der Waals surface area contributed by atoms with E-state index in [-0.39, 0.29) is 10.8 Å². The highest BCUT2D eigenvalue weighted by Crippen LogP contribution is 2.40. The summed E-state index contributed by atoms with van der Waals surface area (Å²) in [6, 6.07) is 7.86. The second-order valence-electron chi connectivity index (χ2n) is 6.55. The van der Waals surface area contributed by atoms with Crippen molar-refractivity contribution in [3.05, 3.63) is 35.4 Å². The highest BCUT2D eigenvalue weighted by molar-refractivity contribution is 6.72. The molecule has 0 aliphatic heterocycles. The van der Waals surface area contributed by atoms with Crippen molar-refractivity contribution in [2.24, 2.45) is 0 Å². The first-order chi connectivity index (χ1) is 8.63. The molecule has 1 rings (SSSR count). The Kier molecular flexibility index (Phi) is 5.10. The summed E-state index contributed by atoms with van der Waals surface area (Å²) in [6.07, 6.45) is 3.04. The molecule has 106 valence electrons. The van der Waals surface area contributed by atoms with Crippen molar-refractivity contribution in [1.82, 2.24) is 0 Å². The summed E-state index contributed by atoms with van der Waals surface area (Å²) < 4.78 is 0. The number of rotatable bonds is 6. The number of ketones is 1. The third kappa shape index (κ3) is 4.59. The normalized spacial score (nSPS) is 12.5. The van der Waals surface area contributed by atoms with Gasteiger partial charge in [0.1, 0.15) is 0 Å². The molecule has 3 heteroatoms. The van der Waals surface area contributed by atoms with Gasteiger partial charge in [-0.15, -0.1) is 0 Å². The van der Waals surface area contributed by atoms with Crippen LogP contribution in [0.2, 0.25) is 18.1 Å². The number of carbonyl (C=O) groups excluding carboxylic acids is 1. The van der Waals surface area contributed by atoms with Crippen molar-refractivity contribution in [1.29, 1.82) is 0 Å². The summed E-state index contributed by atoms with van der Waals surface area (Å²) in [6.45, 7) is 9.92. The van der Waals surface area contributed by atoms with Gasteiger partial charge in [-0.25, -0.2) is 0 Å². The van der Waals surface area contributed by atoms with Crippen LogP contribution in [-0.2, 0) is 6.42 Å². The van der Waals surface area contributed by atoms with Crippen molar-refractivity contribution in [3.8, 4) is 0 Å². The Morgan fingerprint density at radius 3 is 2.47 bits per heavy atom. The van der Waals surface area contributed by atoms with Crippen LogP contribution in [0.4, 0.5) is 0 Å². The number of carbonyl (C=O) groups is 1. The van der Waals surface area contributed by atoms with Crippen LogP contribution in [0.15, 0.2) is 24.3 Å². The molecular formula is C16H26O2Si. The first-order valence-corrected chi connectivity index (χ1v) is 9.90. The second-order valence-corrected chi connectivity index (χ2v) is 11.0. The van der Waals surface area contributed by atoms with Gasteiger partial charge in [0.05, 0.1) is 0 Å². The lowest BCUT2D eigenvalue weighted by Crippen LogP contribution is -2.38. The van der Waals surface area contributed by atoms with Crippen molar-refractivity contribution in [2.75, 3.05) is 0 Å². The molecule has 19 heavy (non-hydrogen) atoms. The maximum atomic E-state index is 11.3. The van der Waals surface area contributed by atoms with E-state index in [9.17, 15) is 9.59 Å². The molecule has 0 atom stereocenters. The fraction of sp³-hybridized carbons (Fsp3) is 0.562. The molecule has 0 saturated carbocycles. The van der Waals surface area contributed by atoms with Gasteiger partial charge in [0, 0.05) is 5.56 Å². The van der Waals surface area contributed by atoms with E-state index in [2.05, 4.69) is 19.9 Å². The number of benzene rings is 1. The zero-order valence-electron chi connectivity index (χ0n) is 12.8. The van der Waals surface area contributed by atoms with E-state index < -0.39 is 8.32 Å². The zero-order chi connectivity index (χ0) is 14.7. The van der Waals surface area contributed by atoms with Crippen LogP contribution in [0.3, 0.4) is 0 Å². The standard InChI is InChI=1S/C16H26O2Si/c1-13(17)15-10-6-8-14(12-15)9-7-11-16(2,3)19(4,5)18/h6,8,10,12,18H,7,9,11H2,1-5H3. The number of hydrogen-bond acceptors (Lipinski definition) is 2. The molecule has 1 aromatic carbocycles. The third-order valence-corrected chi connectivity index (χ3v) is 7.82. The van der Waals surface area contributed by atoms with Crippen LogP contribution in [0.5, 0.6) is 0 Å². The average molecular weight is 278 g/mol. The monoisotopic (exact) mass is 278 g/mol. The van der Waals surface area contributed by atoms with E-state index >= 15 is 0 Å². The van der Waals surface area contributed by atoms with E-state index in [1.54, 1.807) is 6.92 Å². The van der Waals surface area contributed by atoms with Gasteiger partial charge in [-0.1, -0.05) is 32.0 Å². The minimum absolute atomic E-state index is 0.0329. The highest BCUT2D eigenvalue weighted by Gasteiger charge is 2.37. The molecule has 0 fully saturated rings. The van der Waals surface area contributed by atoms with Gasteiger partial charge in [0.25, 0.3) is 0 Å². The average Bonchev–Trinajstić information content (AvgIpc) is 2.27. The van der Waals surface area contributed by atoms with Crippen molar-refractivity contribution in [3.63, 3.8) is 0 Å². The highest BCUT2D eigenvalue weighted by atomic mass is 28.4. The molecule has 0 aliphatic carbocycles. The molecule has 0 unspecified atom stereocenters. The van der Waals surface area contributed by atoms with Crippen LogP contribution in [0.1, 0.15) is 49.5 Å². The molecule has 0 aliphatic rings. The van der Waals surface area contributed by atoms with Gasteiger partial charge in [-0.05, 0) is 55.9 Å². The maximum absolute atomic E-state index is 11.3. The molecule has 0 heterocycles. The van der Waals surface area contributed by atoms with E-state index in [1.165, 1.54) is 5.56 Å². The summed E-state index contributed by atoms with van der Waals surface area (Å²) in [7, 11) is -2.11. The predicted octanol–water partition coefficient (Wildman–Crippen LogP) is 4.19. The number of hydrogen-bond donors (Lipinski definition) is 1. The van der Waals surface area contributed by atoms with Gasteiger partial charge in [0.2, 0.25) is 0 Å². The van der Waals surface area contributed by atoms with Crippen LogP contribution in [0, 0.1) is 0 Å². The van der Waals surface area contributed by atoms with Crippen molar-refractivity contribution in [2.45, 2.75) is 58.2 Å². The zero-order valence-corrected chi connectivity index (χ0v) is 13.8. The van der Waals surface area contributed by atoms with Gasteiger partial charge in [-0.3, -0.25) is 4.79 Å². The summed E-state index contributed by atoms with van der Waals surface area (Å²) in [5, 5.41) is 0.0329. The maximum Gasteiger partial charge on any atom is 0.188 e. The SMILES string of the molecule is CC(=O)c1cccc(CCCC(C)(C)[Si](C)(C)O)c1. The van der Waals surface area contributed by atoms with Crippen LogP contribution in [-0.4, -0.2) is 18.9 Å². The molecular weight excluding hydrogens is 252 g/mol. The quantitative estimate of drug-likeness (QED) is 0.626. The van der Waals surface area contributed by atoms with Crippen molar-refractivity contribution >= 4 is 14.1 Å². The molecule has 0 aromatic heterocycles. The third-order valence-electron chi connectivity index (χ3n) is 4.26. The van der Waals surface area contributed by atoms with Crippen LogP contribution in [0.25, 0.3) is 0 Å². The van der Waals surface area contributed by atoms with Gasteiger partial charge in [0.15, 0.2) is 14.1 Å². The first kappa shape index (κ1) is 16.1. The summed E-state index contributed by atoms with van der Waals surface area (Å²) in [4.78, 5) is 21.6. The minimum Gasteiger partial charge on any atom is -0.432 e. The summed E-state index contributed by atoms with van der Waals surface area (Å²) in [5.74, 6) is 0.117. The fourth-order valence-electron chi connectivity index (χ4n) is 1.99. The summed E-state index contributed by atoms with van der Waals surface area (Å²) in [5.41, 5.74) is 1.99. The lowest BCUT2D eigenvalue weighted by molar-refractivity contribution is 0.101. The van der Waals surface area contributed by atoms with Crippen LogP contribution >= 0.6 is 0 Å². The number of Topliss-reactive ketones (excluding diaryl/α,β-unsaturated/α-hetero) is 1. The van der Waals surface area contributed by atoms with E-state index in [0.29, 0.717) is 0 Å². The molecule has 0 spiro atoms. The largest absolute Gasteiger partial charge is 0.432 e. The van der Waals surface area contributed by atoms with E-state index in [1.807, 2.05) is 31.3 Å². The Morgan fingerprint density at radius 2 is 1.95 bits per heavy atom. The molecule has 0 saturated heterocycles. The number of aryl methyl sites for hydroxylation is 1. The molecule has 2 nitrogen and oxygen atoms in total. The van der Waals surface area contributed by atoms with Gasteiger partial charge >= 0.3 is 0 Å². The fourth-order valence-corrected chi connectivity index (χ4v) is 2.77. The molecule has 0 bridgehead atoms. The summed E-state index contributed by atoms with van der Waals surface area (Å²) >= 11 is 0. The Balaban J connectivity index is 2.59. The Labute approximate surface area is 118 Å². The lowest BCUT2D eigenvalue weighted by atomic mass is 10.00. The Morgan fingerprint density at radius 1 is 1.32 bits per heavy atom. The Bertz CT molecular complexity index is 444. The topological polar surface area (TPSA) is 37.3 Å². The van der Waals surface area contributed by atoms with Crippen molar-refractivity contribution < 1.29 is 9.59 Å². The van der Waals surface area contributed by atoms with Gasteiger partial charge < -0.3 is 4.80 Å².